The van der Waals surface area contributed by atoms with Crippen molar-refractivity contribution < 1.29 is 15.3 Å². The molecule has 3 N–H and O–H groups in total. The third kappa shape index (κ3) is 2.69. The molecule has 92 valence electrons. The van der Waals surface area contributed by atoms with Gasteiger partial charge in [0, 0.05) is 0 Å². The first-order chi connectivity index (χ1) is 7.50. The van der Waals surface area contributed by atoms with Crippen LogP contribution in [0.3, 0.4) is 0 Å². The van der Waals surface area contributed by atoms with Gasteiger partial charge in [-0.25, -0.2) is 0 Å². The summed E-state index contributed by atoms with van der Waals surface area (Å²) in [6.07, 6.45) is 5.92. The molecule has 0 rings (SSSR count). The molecule has 3 unspecified atom stereocenters. The van der Waals surface area contributed by atoms with Crippen LogP contribution in [0.4, 0.5) is 0 Å². The van der Waals surface area contributed by atoms with Crippen LogP contribution >= 0.6 is 7.26 Å². The molecule has 3 nitrogen and oxygen atoms in total. The third-order valence-electron chi connectivity index (χ3n) is 2.82. The van der Waals surface area contributed by atoms with Gasteiger partial charge in [-0.15, -0.1) is 0 Å². The fourth-order valence-corrected chi connectivity index (χ4v) is 5.39. The molecule has 0 amide bonds. The van der Waals surface area contributed by atoms with Crippen molar-refractivity contribution in [1.82, 2.24) is 0 Å². The molecule has 0 aromatic heterocycles. The molecule has 3 atom stereocenters. The van der Waals surface area contributed by atoms with Crippen LogP contribution in [-0.4, -0.2) is 39.0 Å². The molecule has 0 aliphatic heterocycles. The van der Waals surface area contributed by atoms with Gasteiger partial charge in [-0.3, -0.25) is 0 Å². The molecule has 4 heteroatoms. The fraction of sp³-hybridized carbons (Fsp3) is 0.333. The van der Waals surface area contributed by atoms with E-state index in [0.29, 0.717) is 6.16 Å². The summed E-state index contributed by atoms with van der Waals surface area (Å²) < 4.78 is 0. The number of rotatable bonds is 8. The quantitative estimate of drug-likeness (QED) is 0.447. The Bertz CT molecular complexity index is 239. The third-order valence-corrected chi connectivity index (χ3v) is 7.83. The van der Waals surface area contributed by atoms with Gasteiger partial charge in [-0.2, -0.15) is 0 Å². The molecule has 0 saturated heterocycles. The van der Waals surface area contributed by atoms with E-state index in [0.717, 1.165) is 0 Å². The van der Waals surface area contributed by atoms with E-state index >= 15 is 0 Å². The molecule has 0 radical (unpaired) electrons. The fourth-order valence-electron chi connectivity index (χ4n) is 1.80. The number of aliphatic hydroxyl groups is 3. The first-order valence-electron chi connectivity index (χ1n) is 5.04. The van der Waals surface area contributed by atoms with Crippen molar-refractivity contribution in [3.8, 4) is 0 Å². The number of hydrogen-bond acceptors (Lipinski definition) is 3. The molecule has 0 aromatic rings. The molecule has 0 spiro atoms. The molecule has 16 heavy (non-hydrogen) atoms. The molecule has 0 aromatic carbocycles. The average Bonchev–Trinajstić information content (AvgIpc) is 2.32. The van der Waals surface area contributed by atoms with E-state index in [1.54, 1.807) is 6.08 Å². The van der Waals surface area contributed by atoms with Gasteiger partial charge in [0.15, 0.2) is 0 Å². The first kappa shape index (κ1) is 15.3. The Morgan fingerprint density at radius 2 is 1.12 bits per heavy atom. The van der Waals surface area contributed by atoms with Crippen LogP contribution in [0, 0.1) is 0 Å². The molecular formula is C12H21O3P. The Morgan fingerprint density at radius 1 is 0.812 bits per heavy atom. The molecule has 0 bridgehead atoms. The topological polar surface area (TPSA) is 60.7 Å². The van der Waals surface area contributed by atoms with Gasteiger partial charge in [0.05, 0.1) is 0 Å². The zero-order valence-corrected chi connectivity index (χ0v) is 10.4. The number of aliphatic hydroxyl groups excluding tert-OH is 3. The standard InChI is InChI=1S/C12H21O3P/c1-5-9-16(10(13)6-2,11(14)7-3)12(15)8-4/h5-8,10-16H,1-4,9H2. The van der Waals surface area contributed by atoms with Crippen molar-refractivity contribution in [2.24, 2.45) is 0 Å². The van der Waals surface area contributed by atoms with Gasteiger partial charge >= 0.3 is 96.9 Å². The van der Waals surface area contributed by atoms with E-state index in [1.165, 1.54) is 18.2 Å². The molecule has 0 fully saturated rings. The predicted molar refractivity (Wildman–Crippen MR) is 72.0 cm³/mol. The summed E-state index contributed by atoms with van der Waals surface area (Å²) in [7, 11) is -2.91. The summed E-state index contributed by atoms with van der Waals surface area (Å²) in [5, 5.41) is 29.9. The van der Waals surface area contributed by atoms with Crippen molar-refractivity contribution in [1.29, 1.82) is 0 Å². The summed E-state index contributed by atoms with van der Waals surface area (Å²) in [5.74, 6) is -2.86. The van der Waals surface area contributed by atoms with E-state index in [2.05, 4.69) is 26.3 Å². The van der Waals surface area contributed by atoms with Crippen LogP contribution < -0.4 is 0 Å². The molecule has 0 saturated carbocycles. The van der Waals surface area contributed by atoms with Crippen LogP contribution in [0.25, 0.3) is 0 Å². The van der Waals surface area contributed by atoms with Crippen molar-refractivity contribution in [3.05, 3.63) is 50.6 Å². The van der Waals surface area contributed by atoms with Crippen LogP contribution in [-0.2, 0) is 0 Å². The maximum absolute atomic E-state index is 9.98. The van der Waals surface area contributed by atoms with E-state index in [9.17, 15) is 15.3 Å². The van der Waals surface area contributed by atoms with E-state index in [1.807, 2.05) is 0 Å². The summed E-state index contributed by atoms with van der Waals surface area (Å²) in [6, 6.07) is 0. The van der Waals surface area contributed by atoms with E-state index in [-0.39, 0.29) is 0 Å². The van der Waals surface area contributed by atoms with E-state index in [4.69, 9.17) is 0 Å². The Hall–Kier alpha value is -0.730. The van der Waals surface area contributed by atoms with Gasteiger partial charge in [-0.1, -0.05) is 0 Å². The van der Waals surface area contributed by atoms with Gasteiger partial charge in [0.25, 0.3) is 0 Å². The SMILES string of the molecule is C=CC[PH](C(O)C=C)(C(O)C=C)C(O)C=C. The van der Waals surface area contributed by atoms with Gasteiger partial charge in [-0.05, 0) is 0 Å². The summed E-state index contributed by atoms with van der Waals surface area (Å²) in [4.78, 5) is 0. The molecule has 0 heterocycles. The second-order valence-corrected chi connectivity index (χ2v) is 8.05. The Kier molecular flexibility index (Phi) is 6.46. The predicted octanol–water partition coefficient (Wildman–Crippen LogP) is 1.44. The first-order valence-corrected chi connectivity index (χ1v) is 7.47. The molecular weight excluding hydrogens is 223 g/mol. The van der Waals surface area contributed by atoms with Gasteiger partial charge in [0.1, 0.15) is 0 Å². The second kappa shape index (κ2) is 6.77. The maximum atomic E-state index is 9.98. The van der Waals surface area contributed by atoms with Crippen molar-refractivity contribution in [2.45, 2.75) is 17.5 Å². The zero-order valence-electron chi connectivity index (χ0n) is 9.42. The Balaban J connectivity index is 5.52. The Labute approximate surface area is 97.5 Å². The molecule has 0 aliphatic carbocycles. The van der Waals surface area contributed by atoms with Gasteiger partial charge < -0.3 is 0 Å². The van der Waals surface area contributed by atoms with Crippen LogP contribution in [0.2, 0.25) is 0 Å². The van der Waals surface area contributed by atoms with Crippen LogP contribution in [0.1, 0.15) is 0 Å². The van der Waals surface area contributed by atoms with E-state index < -0.39 is 24.8 Å². The van der Waals surface area contributed by atoms with Gasteiger partial charge in [0.2, 0.25) is 0 Å². The van der Waals surface area contributed by atoms with Crippen LogP contribution in [0.5, 0.6) is 0 Å². The number of allylic oxidation sites excluding steroid dienone is 1. The summed E-state index contributed by atoms with van der Waals surface area (Å²) in [5.41, 5.74) is 0. The number of hydrogen-bond donors (Lipinski definition) is 3. The normalized spacial score (nSPS) is 17.9. The minimum absolute atomic E-state index is 0.348. The van der Waals surface area contributed by atoms with Crippen molar-refractivity contribution in [3.63, 3.8) is 0 Å². The van der Waals surface area contributed by atoms with Crippen molar-refractivity contribution in [2.75, 3.05) is 6.16 Å². The molecule has 0 aliphatic rings. The average molecular weight is 244 g/mol. The van der Waals surface area contributed by atoms with Crippen LogP contribution in [0.15, 0.2) is 50.6 Å². The summed E-state index contributed by atoms with van der Waals surface area (Å²) in [6.45, 7) is 14.1. The summed E-state index contributed by atoms with van der Waals surface area (Å²) >= 11 is 0. The Morgan fingerprint density at radius 3 is 1.31 bits per heavy atom. The van der Waals surface area contributed by atoms with Crippen molar-refractivity contribution >= 4 is 7.26 Å². The second-order valence-electron chi connectivity index (χ2n) is 3.65. The zero-order chi connectivity index (χ0) is 12.8. The monoisotopic (exact) mass is 244 g/mol. The minimum atomic E-state index is -2.91.